The zero-order valence-corrected chi connectivity index (χ0v) is 13.1. The molecule has 1 N–H and O–H groups in total. The van der Waals surface area contributed by atoms with Crippen LogP contribution in [0.3, 0.4) is 0 Å². The van der Waals surface area contributed by atoms with E-state index in [0.717, 1.165) is 45.2 Å². The van der Waals surface area contributed by atoms with Crippen molar-refractivity contribution in [2.45, 2.75) is 70.0 Å². The molecule has 0 radical (unpaired) electrons. The Morgan fingerprint density at radius 1 is 1.14 bits per heavy atom. The van der Waals surface area contributed by atoms with Crippen LogP contribution >= 0.6 is 0 Å². The molecule has 6 heteroatoms. The number of nitrogens with one attached hydrogen (secondary N) is 1. The average molecular weight is 320 g/mol. The van der Waals surface area contributed by atoms with Gasteiger partial charge in [0.25, 0.3) is 0 Å². The number of carbonyl (C=O) groups excluding carboxylic acids is 1. The van der Waals surface area contributed by atoms with Crippen molar-refractivity contribution < 1.29 is 18.0 Å². The van der Waals surface area contributed by atoms with E-state index in [1.165, 1.54) is 0 Å². The number of rotatable bonds is 5. The summed E-state index contributed by atoms with van der Waals surface area (Å²) in [4.78, 5) is 13.8. The Labute approximate surface area is 130 Å². The molecule has 2 aliphatic rings. The summed E-state index contributed by atoms with van der Waals surface area (Å²) >= 11 is 0. The molecule has 0 bridgehead atoms. The summed E-state index contributed by atoms with van der Waals surface area (Å²) in [6.07, 6.45) is 2.50. The van der Waals surface area contributed by atoms with E-state index in [2.05, 4.69) is 5.32 Å². The first-order chi connectivity index (χ1) is 10.5. The van der Waals surface area contributed by atoms with E-state index >= 15 is 0 Å². The van der Waals surface area contributed by atoms with Gasteiger partial charge in [0.2, 0.25) is 5.91 Å². The number of nitrogens with zero attached hydrogens (tertiary/aromatic N) is 1. The summed E-state index contributed by atoms with van der Waals surface area (Å²) in [7, 11) is 0. The molecule has 1 saturated heterocycles. The fraction of sp³-hybridized carbons (Fsp3) is 0.938. The minimum atomic E-state index is -4.06. The lowest BCUT2D eigenvalue weighted by Gasteiger charge is -2.31. The number of alkyl halides is 3. The molecular formula is C16H27F3N2O. The van der Waals surface area contributed by atoms with Gasteiger partial charge in [-0.15, -0.1) is 0 Å². The van der Waals surface area contributed by atoms with Gasteiger partial charge in [-0.1, -0.05) is 12.8 Å². The van der Waals surface area contributed by atoms with Crippen LogP contribution in [0.25, 0.3) is 0 Å². The summed E-state index contributed by atoms with van der Waals surface area (Å²) in [5.74, 6) is -0.918. The standard InChI is InChI=1S/C16H27F3N2O/c17-16(18,19)13-6-4-7-14(12-13)20-9-5-11-21-10-3-1-2-8-15(21)22/h13-14,20H,1-12H2/t13-,14-/m1/s1. The number of likely N-dealkylation sites (tertiary alicyclic amines) is 1. The lowest BCUT2D eigenvalue weighted by atomic mass is 9.85. The van der Waals surface area contributed by atoms with Crippen molar-refractivity contribution in [3.05, 3.63) is 0 Å². The van der Waals surface area contributed by atoms with Crippen LogP contribution in [0.1, 0.15) is 57.8 Å². The molecule has 0 aromatic carbocycles. The van der Waals surface area contributed by atoms with Gasteiger partial charge >= 0.3 is 6.18 Å². The maximum absolute atomic E-state index is 12.8. The van der Waals surface area contributed by atoms with E-state index in [1.807, 2.05) is 4.90 Å². The summed E-state index contributed by atoms with van der Waals surface area (Å²) in [6, 6.07) is -0.0276. The highest BCUT2D eigenvalue weighted by atomic mass is 19.4. The molecular weight excluding hydrogens is 293 g/mol. The number of halogens is 3. The second-order valence-electron chi connectivity index (χ2n) is 6.60. The molecule has 2 rings (SSSR count). The Hall–Kier alpha value is -0.780. The summed E-state index contributed by atoms with van der Waals surface area (Å²) < 4.78 is 38.3. The van der Waals surface area contributed by atoms with Gasteiger partial charge in [-0.2, -0.15) is 13.2 Å². The zero-order valence-electron chi connectivity index (χ0n) is 13.1. The summed E-state index contributed by atoms with van der Waals surface area (Å²) in [6.45, 7) is 2.25. The number of hydrogen-bond acceptors (Lipinski definition) is 2. The third-order valence-corrected chi connectivity index (χ3v) is 4.85. The largest absolute Gasteiger partial charge is 0.391 e. The van der Waals surface area contributed by atoms with Crippen molar-refractivity contribution in [2.75, 3.05) is 19.6 Å². The smallest absolute Gasteiger partial charge is 0.343 e. The molecule has 128 valence electrons. The Morgan fingerprint density at radius 2 is 1.95 bits per heavy atom. The predicted molar refractivity (Wildman–Crippen MR) is 79.5 cm³/mol. The normalized spacial score (nSPS) is 27.8. The van der Waals surface area contributed by atoms with Crippen molar-refractivity contribution in [3.8, 4) is 0 Å². The minimum Gasteiger partial charge on any atom is -0.343 e. The molecule has 2 atom stereocenters. The molecule has 0 spiro atoms. The molecule has 22 heavy (non-hydrogen) atoms. The molecule has 1 aliphatic heterocycles. The summed E-state index contributed by atoms with van der Waals surface area (Å²) in [5.41, 5.74) is 0. The van der Waals surface area contributed by atoms with Gasteiger partial charge in [0.1, 0.15) is 0 Å². The zero-order chi connectivity index (χ0) is 16.0. The topological polar surface area (TPSA) is 32.3 Å². The van der Waals surface area contributed by atoms with Crippen LogP contribution in [-0.4, -0.2) is 42.7 Å². The highest BCUT2D eigenvalue weighted by Gasteiger charge is 2.41. The van der Waals surface area contributed by atoms with E-state index < -0.39 is 12.1 Å². The number of carbonyl (C=O) groups is 1. The SMILES string of the molecule is O=C1CCCCCN1CCCN[C@@H]1CCC[C@@H](C(F)(F)F)C1. The molecule has 3 nitrogen and oxygen atoms in total. The van der Waals surface area contributed by atoms with Gasteiger partial charge in [0, 0.05) is 25.6 Å². The molecule has 1 amide bonds. The Bertz CT molecular complexity index is 360. The Morgan fingerprint density at radius 3 is 2.73 bits per heavy atom. The Kier molecular flexibility index (Phi) is 6.53. The van der Waals surface area contributed by atoms with Crippen LogP contribution < -0.4 is 5.32 Å². The molecule has 0 unspecified atom stereocenters. The molecule has 2 fully saturated rings. The molecule has 1 aliphatic carbocycles. The monoisotopic (exact) mass is 320 g/mol. The van der Waals surface area contributed by atoms with Crippen molar-refractivity contribution >= 4 is 5.91 Å². The van der Waals surface area contributed by atoms with Crippen molar-refractivity contribution in [3.63, 3.8) is 0 Å². The van der Waals surface area contributed by atoms with Gasteiger partial charge in [-0.3, -0.25) is 4.79 Å². The first-order valence-electron chi connectivity index (χ1n) is 8.54. The Balaban J connectivity index is 1.64. The van der Waals surface area contributed by atoms with Gasteiger partial charge in [0.05, 0.1) is 5.92 Å². The molecule has 0 aromatic heterocycles. The molecule has 1 heterocycles. The number of hydrogen-bond donors (Lipinski definition) is 1. The predicted octanol–water partition coefficient (Wildman–Crippen LogP) is 3.49. The lowest BCUT2D eigenvalue weighted by Crippen LogP contribution is -2.40. The van der Waals surface area contributed by atoms with Gasteiger partial charge in [-0.05, 0) is 45.1 Å². The van der Waals surface area contributed by atoms with Crippen LogP contribution in [0.2, 0.25) is 0 Å². The second-order valence-corrected chi connectivity index (χ2v) is 6.60. The molecule has 0 aromatic rings. The highest BCUT2D eigenvalue weighted by molar-refractivity contribution is 5.76. The first-order valence-corrected chi connectivity index (χ1v) is 8.54. The van der Waals surface area contributed by atoms with Crippen LogP contribution in [0.15, 0.2) is 0 Å². The third-order valence-electron chi connectivity index (χ3n) is 4.85. The quantitative estimate of drug-likeness (QED) is 0.787. The van der Waals surface area contributed by atoms with Crippen molar-refractivity contribution in [1.82, 2.24) is 10.2 Å². The second kappa shape index (κ2) is 8.18. The fourth-order valence-electron chi connectivity index (χ4n) is 3.52. The minimum absolute atomic E-state index is 0.0276. The van der Waals surface area contributed by atoms with Gasteiger partial charge in [0.15, 0.2) is 0 Å². The average Bonchev–Trinajstić information content (AvgIpc) is 2.68. The van der Waals surface area contributed by atoms with E-state index in [1.54, 1.807) is 0 Å². The van der Waals surface area contributed by atoms with E-state index in [4.69, 9.17) is 0 Å². The van der Waals surface area contributed by atoms with Crippen LogP contribution in [0.4, 0.5) is 13.2 Å². The third kappa shape index (κ3) is 5.45. The first kappa shape index (κ1) is 17.6. The fourth-order valence-corrected chi connectivity index (χ4v) is 3.52. The maximum Gasteiger partial charge on any atom is 0.391 e. The lowest BCUT2D eigenvalue weighted by molar-refractivity contribution is -0.183. The van der Waals surface area contributed by atoms with E-state index in [0.29, 0.717) is 19.4 Å². The number of amides is 1. The molecule has 1 saturated carbocycles. The van der Waals surface area contributed by atoms with Crippen LogP contribution in [-0.2, 0) is 4.79 Å². The van der Waals surface area contributed by atoms with E-state index in [-0.39, 0.29) is 24.8 Å². The van der Waals surface area contributed by atoms with Gasteiger partial charge < -0.3 is 10.2 Å². The summed E-state index contributed by atoms with van der Waals surface area (Å²) in [5, 5.41) is 3.26. The highest BCUT2D eigenvalue weighted by Crippen LogP contribution is 2.37. The maximum atomic E-state index is 12.8. The van der Waals surface area contributed by atoms with Crippen LogP contribution in [0, 0.1) is 5.92 Å². The van der Waals surface area contributed by atoms with Crippen molar-refractivity contribution in [1.29, 1.82) is 0 Å². The van der Waals surface area contributed by atoms with Crippen LogP contribution in [0.5, 0.6) is 0 Å². The van der Waals surface area contributed by atoms with Gasteiger partial charge in [-0.25, -0.2) is 0 Å². The van der Waals surface area contributed by atoms with E-state index in [9.17, 15) is 18.0 Å². The van der Waals surface area contributed by atoms with Crippen molar-refractivity contribution in [2.24, 2.45) is 5.92 Å².